The van der Waals surface area contributed by atoms with Gasteiger partial charge in [-0.1, -0.05) is 12.5 Å². The first kappa shape index (κ1) is 13.8. The zero-order valence-electron chi connectivity index (χ0n) is 11.7. The summed E-state index contributed by atoms with van der Waals surface area (Å²) in [7, 11) is 0. The lowest BCUT2D eigenvalue weighted by molar-refractivity contribution is -0.138. The number of aliphatic hydroxyl groups excluding tert-OH is 1. The lowest BCUT2D eigenvalue weighted by atomic mass is 9.46. The van der Waals surface area contributed by atoms with Crippen LogP contribution in [0.4, 0.5) is 0 Å². The third-order valence-corrected chi connectivity index (χ3v) is 5.10. The lowest BCUT2D eigenvalue weighted by Crippen LogP contribution is -2.54. The Morgan fingerprint density at radius 2 is 2.11 bits per heavy atom. The van der Waals surface area contributed by atoms with Crippen LogP contribution in [0, 0.1) is 17.3 Å². The molecule has 0 amide bonds. The van der Waals surface area contributed by atoms with Crippen molar-refractivity contribution >= 4 is 5.78 Å². The quantitative estimate of drug-likeness (QED) is 0.805. The highest BCUT2D eigenvalue weighted by Gasteiger charge is 2.56. The van der Waals surface area contributed by atoms with Crippen molar-refractivity contribution in [3.8, 4) is 0 Å². The fraction of sp³-hybridized carbons (Fsp3) is 0.800. The van der Waals surface area contributed by atoms with Gasteiger partial charge >= 0.3 is 0 Å². The van der Waals surface area contributed by atoms with E-state index in [0.29, 0.717) is 12.3 Å². The monoisotopic (exact) mass is 252 g/mol. The van der Waals surface area contributed by atoms with Crippen LogP contribution in [-0.2, 0) is 4.79 Å². The Morgan fingerprint density at radius 3 is 2.56 bits per heavy atom. The molecule has 3 aliphatic rings. The number of hydrogen-bond acceptors (Lipinski definition) is 3. The van der Waals surface area contributed by atoms with E-state index in [0.717, 1.165) is 12.8 Å². The molecule has 0 heterocycles. The minimum atomic E-state index is -1.07. The molecule has 0 unspecified atom stereocenters. The second-order valence-corrected chi connectivity index (χ2v) is 6.85. The van der Waals surface area contributed by atoms with Gasteiger partial charge < -0.3 is 10.2 Å². The first-order chi connectivity index (χ1) is 8.16. The van der Waals surface area contributed by atoms with Gasteiger partial charge in [-0.3, -0.25) is 4.79 Å². The second kappa shape index (κ2) is 4.17. The fourth-order valence-electron chi connectivity index (χ4n) is 3.58. The zero-order chi connectivity index (χ0) is 13.7. The number of aliphatic hydroxyl groups is 2. The van der Waals surface area contributed by atoms with Crippen LogP contribution in [0.5, 0.6) is 0 Å². The molecule has 0 aliphatic heterocycles. The van der Waals surface area contributed by atoms with Crippen molar-refractivity contribution < 1.29 is 15.0 Å². The molecule has 0 aromatic carbocycles. The number of rotatable bonds is 4. The van der Waals surface area contributed by atoms with Crippen molar-refractivity contribution in [3.63, 3.8) is 0 Å². The molecule has 0 aromatic rings. The maximum atomic E-state index is 11.9. The first-order valence-electron chi connectivity index (χ1n) is 6.78. The van der Waals surface area contributed by atoms with Crippen molar-refractivity contribution in [2.24, 2.45) is 17.3 Å². The first-order valence-corrected chi connectivity index (χ1v) is 6.78. The van der Waals surface area contributed by atoms with Crippen LogP contribution < -0.4 is 0 Å². The molecular weight excluding hydrogens is 228 g/mol. The van der Waals surface area contributed by atoms with Gasteiger partial charge in [-0.15, -0.1) is 0 Å². The molecule has 3 rings (SSSR count). The van der Waals surface area contributed by atoms with E-state index in [1.807, 2.05) is 6.92 Å². The van der Waals surface area contributed by atoms with Crippen molar-refractivity contribution in [2.45, 2.75) is 58.7 Å². The summed E-state index contributed by atoms with van der Waals surface area (Å²) in [5.41, 5.74) is 0.106. The molecule has 18 heavy (non-hydrogen) atoms. The Hall–Kier alpha value is -0.670. The van der Waals surface area contributed by atoms with Gasteiger partial charge in [0.1, 0.15) is 0 Å². The molecule has 0 radical (unpaired) electrons. The molecule has 3 nitrogen and oxygen atoms in total. The highest BCUT2D eigenvalue weighted by molar-refractivity contribution is 5.95. The topological polar surface area (TPSA) is 57.5 Å². The van der Waals surface area contributed by atoms with Crippen molar-refractivity contribution in [1.29, 1.82) is 0 Å². The van der Waals surface area contributed by atoms with Gasteiger partial charge in [0.25, 0.3) is 0 Å². The van der Waals surface area contributed by atoms with Crippen LogP contribution in [-0.4, -0.2) is 27.7 Å². The van der Waals surface area contributed by atoms with E-state index in [-0.39, 0.29) is 17.1 Å². The van der Waals surface area contributed by atoms with Crippen LogP contribution in [0.2, 0.25) is 0 Å². The van der Waals surface area contributed by atoms with Gasteiger partial charge in [-0.05, 0) is 57.4 Å². The largest absolute Gasteiger partial charge is 0.390 e. The van der Waals surface area contributed by atoms with E-state index in [1.165, 1.54) is 5.57 Å². The maximum Gasteiger partial charge on any atom is 0.159 e. The van der Waals surface area contributed by atoms with E-state index in [9.17, 15) is 15.0 Å². The van der Waals surface area contributed by atoms with Crippen molar-refractivity contribution in [1.82, 2.24) is 0 Å². The van der Waals surface area contributed by atoms with E-state index in [4.69, 9.17) is 0 Å². The number of ketones is 1. The van der Waals surface area contributed by atoms with Gasteiger partial charge in [0.05, 0.1) is 11.7 Å². The molecule has 1 fully saturated rings. The summed E-state index contributed by atoms with van der Waals surface area (Å²) in [6.07, 6.45) is 3.37. The van der Waals surface area contributed by atoms with Gasteiger partial charge in [-0.25, -0.2) is 0 Å². The highest BCUT2D eigenvalue weighted by Crippen LogP contribution is 2.60. The third-order valence-electron chi connectivity index (χ3n) is 5.10. The normalized spacial score (nSPS) is 37.0. The van der Waals surface area contributed by atoms with Gasteiger partial charge in [0.15, 0.2) is 5.78 Å². The molecular formula is C15H24O3. The zero-order valence-corrected chi connectivity index (χ0v) is 11.7. The number of allylic oxidation sites excluding steroid dienone is 2. The summed E-state index contributed by atoms with van der Waals surface area (Å²) in [5.74, 6) is 0.852. The summed E-state index contributed by atoms with van der Waals surface area (Å²) in [5, 5.41) is 19.7. The summed E-state index contributed by atoms with van der Waals surface area (Å²) in [4.78, 5) is 11.9. The molecule has 102 valence electrons. The average molecular weight is 252 g/mol. The standard InChI is InChI=1S/C15H24O3/c1-9-7-12(16)11-8-10(9)15(11,4)6-5-13(17)14(2,3)18/h7,10-11,13,17-18H,5-6,8H2,1-4H3/t10-,11+,13-,15-/m0/s1. The van der Waals surface area contributed by atoms with Crippen molar-refractivity contribution in [2.75, 3.05) is 0 Å². The van der Waals surface area contributed by atoms with E-state index < -0.39 is 11.7 Å². The smallest absolute Gasteiger partial charge is 0.159 e. The molecule has 1 saturated carbocycles. The van der Waals surface area contributed by atoms with Gasteiger partial charge in [0.2, 0.25) is 0 Å². The minimum Gasteiger partial charge on any atom is -0.390 e. The SMILES string of the molecule is CC1=CC(=O)[C@H]2C[C@@H]1[C@]2(C)CC[C@H](O)C(C)(C)O. The van der Waals surface area contributed by atoms with Crippen LogP contribution in [0.15, 0.2) is 11.6 Å². The Labute approximate surface area is 109 Å². The number of carbonyl (C=O) groups is 1. The summed E-state index contributed by atoms with van der Waals surface area (Å²) in [6.45, 7) is 7.43. The van der Waals surface area contributed by atoms with E-state index in [2.05, 4.69) is 6.92 Å². The molecule has 0 aromatic heterocycles. The molecule has 0 saturated heterocycles. The highest BCUT2D eigenvalue weighted by atomic mass is 16.3. The lowest BCUT2D eigenvalue weighted by Gasteiger charge is -2.57. The molecule has 0 spiro atoms. The number of hydrogen-bond donors (Lipinski definition) is 2. The minimum absolute atomic E-state index is 0.0118. The molecule has 3 aliphatic carbocycles. The van der Waals surface area contributed by atoms with Crippen LogP contribution >= 0.6 is 0 Å². The van der Waals surface area contributed by atoms with E-state index in [1.54, 1.807) is 19.9 Å². The predicted octanol–water partition coefficient (Wildman–Crippen LogP) is 2.07. The van der Waals surface area contributed by atoms with Crippen LogP contribution in [0.25, 0.3) is 0 Å². The molecule has 2 N–H and O–H groups in total. The Bertz CT molecular complexity index is 391. The van der Waals surface area contributed by atoms with Gasteiger partial charge in [-0.2, -0.15) is 0 Å². The predicted molar refractivity (Wildman–Crippen MR) is 70.0 cm³/mol. The van der Waals surface area contributed by atoms with Crippen LogP contribution in [0.3, 0.4) is 0 Å². The molecule has 4 atom stereocenters. The Kier molecular flexibility index (Phi) is 3.19. The van der Waals surface area contributed by atoms with Crippen LogP contribution in [0.1, 0.15) is 47.0 Å². The van der Waals surface area contributed by atoms with Gasteiger partial charge in [0, 0.05) is 5.92 Å². The molecule has 3 heteroatoms. The number of fused-ring (bicyclic) bond motifs is 1. The summed E-state index contributed by atoms with van der Waals surface area (Å²) >= 11 is 0. The Balaban J connectivity index is 2.03. The fourth-order valence-corrected chi connectivity index (χ4v) is 3.58. The summed E-state index contributed by atoms with van der Waals surface area (Å²) < 4.78 is 0. The number of carbonyl (C=O) groups excluding carboxylic acids is 1. The average Bonchev–Trinajstić information content (AvgIpc) is 2.21. The maximum absolute atomic E-state index is 11.9. The second-order valence-electron chi connectivity index (χ2n) is 6.85. The van der Waals surface area contributed by atoms with Crippen molar-refractivity contribution in [3.05, 3.63) is 11.6 Å². The molecule has 2 bridgehead atoms. The Morgan fingerprint density at radius 1 is 1.50 bits per heavy atom. The summed E-state index contributed by atoms with van der Waals surface area (Å²) in [6, 6.07) is 0. The third kappa shape index (κ3) is 2.04. The van der Waals surface area contributed by atoms with E-state index >= 15 is 0 Å².